The first-order valence-electron chi connectivity index (χ1n) is 11.6. The fraction of sp³-hybridized carbons (Fsp3) is 0.280. The number of aromatic amines is 1. The predicted octanol–water partition coefficient (Wildman–Crippen LogP) is 6.26. The lowest BCUT2D eigenvalue weighted by molar-refractivity contribution is -0.138. The van der Waals surface area contributed by atoms with Crippen molar-refractivity contribution in [3.8, 4) is 11.3 Å². The molecule has 0 aliphatic rings. The second kappa shape index (κ2) is 10.9. The number of hydrogen-bond donors (Lipinski definition) is 2. The van der Waals surface area contributed by atoms with Gasteiger partial charge in [0.15, 0.2) is 0 Å². The number of fused-ring (bicyclic) bond motifs is 1. The molecule has 1 atom stereocenters. The number of aromatic nitrogens is 4. The lowest BCUT2D eigenvalue weighted by Gasteiger charge is -2.18. The first kappa shape index (κ1) is 29.1. The number of anilines is 1. The van der Waals surface area contributed by atoms with E-state index in [9.17, 15) is 40.3 Å². The summed E-state index contributed by atoms with van der Waals surface area (Å²) < 4.78 is 94.7. The topological polar surface area (TPSA) is 92.7 Å². The summed E-state index contributed by atoms with van der Waals surface area (Å²) in [7, 11) is 0. The molecular weight excluding hydrogens is 571 g/mol. The first-order valence-corrected chi connectivity index (χ1v) is 12.0. The van der Waals surface area contributed by atoms with Crippen molar-refractivity contribution in [3.05, 3.63) is 85.5 Å². The van der Waals surface area contributed by atoms with E-state index in [1.807, 2.05) is 0 Å². The van der Waals surface area contributed by atoms with Gasteiger partial charge in [0.25, 0.3) is 11.1 Å². The van der Waals surface area contributed by atoms with Crippen LogP contribution < -0.4 is 16.4 Å². The number of halogens is 8. The van der Waals surface area contributed by atoms with Gasteiger partial charge in [-0.15, -0.1) is 0 Å². The molecule has 0 spiro atoms. The van der Waals surface area contributed by atoms with Gasteiger partial charge in [0.2, 0.25) is 0 Å². The van der Waals surface area contributed by atoms with E-state index in [2.05, 4.69) is 15.4 Å². The molecule has 1 aromatic carbocycles. The van der Waals surface area contributed by atoms with Gasteiger partial charge in [0, 0.05) is 30.5 Å². The van der Waals surface area contributed by atoms with Gasteiger partial charge < -0.3 is 9.88 Å². The van der Waals surface area contributed by atoms with Gasteiger partial charge in [0.05, 0.1) is 33.6 Å². The smallest absolute Gasteiger partial charge is 0.381 e. The molecule has 4 aromatic rings. The van der Waals surface area contributed by atoms with Crippen LogP contribution in [-0.4, -0.2) is 25.8 Å². The standard InChI is InChI=1S/C25H19ClF7N5O2/c1-12(36-19-11-35-37-22(39)20(19)25(31,32)33)3-2-5-38-6-4-13-7-16(18(27)9-15(13)23(38)40)21-17(26)8-14(10-34-21)24(28,29)30/h4,6-12H,2-3,5H2,1H3,(H2,36,37,39). The molecule has 0 saturated carbocycles. The van der Waals surface area contributed by atoms with Crippen LogP contribution in [0.15, 0.2) is 52.4 Å². The Bertz CT molecular complexity index is 1680. The molecule has 0 aliphatic heterocycles. The molecule has 0 radical (unpaired) electrons. The SMILES string of the molecule is CC(CCCn1ccc2cc(-c3ncc(C(F)(F)F)cc3Cl)c(F)cc2c1=O)Nc1cn[nH]c(=O)c1C(F)(F)F. The molecular formula is C25H19ClF7N5O2. The van der Waals surface area contributed by atoms with E-state index in [1.165, 1.54) is 22.9 Å². The average molecular weight is 590 g/mol. The monoisotopic (exact) mass is 589 g/mol. The Balaban J connectivity index is 1.50. The van der Waals surface area contributed by atoms with E-state index in [4.69, 9.17) is 11.6 Å². The van der Waals surface area contributed by atoms with Crippen LogP contribution in [0.5, 0.6) is 0 Å². The minimum atomic E-state index is -4.89. The van der Waals surface area contributed by atoms with Gasteiger partial charge in [0.1, 0.15) is 11.4 Å². The van der Waals surface area contributed by atoms with Gasteiger partial charge in [-0.05, 0) is 49.4 Å². The summed E-state index contributed by atoms with van der Waals surface area (Å²) in [5.41, 5.74) is -5.29. The predicted molar refractivity (Wildman–Crippen MR) is 134 cm³/mol. The fourth-order valence-corrected chi connectivity index (χ4v) is 4.42. The van der Waals surface area contributed by atoms with E-state index < -0.39 is 57.2 Å². The van der Waals surface area contributed by atoms with Crippen molar-refractivity contribution < 1.29 is 30.7 Å². The number of H-pyrrole nitrogens is 1. The van der Waals surface area contributed by atoms with Gasteiger partial charge >= 0.3 is 12.4 Å². The zero-order valence-corrected chi connectivity index (χ0v) is 21.2. The average Bonchev–Trinajstić information content (AvgIpc) is 2.84. The van der Waals surface area contributed by atoms with Gasteiger partial charge in [-0.1, -0.05) is 11.6 Å². The van der Waals surface area contributed by atoms with Crippen molar-refractivity contribution in [3.63, 3.8) is 0 Å². The fourth-order valence-electron chi connectivity index (χ4n) is 4.15. The number of nitrogens with one attached hydrogen (secondary N) is 2. The molecule has 0 amide bonds. The zero-order valence-electron chi connectivity index (χ0n) is 20.4. The van der Waals surface area contributed by atoms with Crippen LogP contribution in [0.1, 0.15) is 30.9 Å². The minimum absolute atomic E-state index is 0.00219. The van der Waals surface area contributed by atoms with E-state index >= 15 is 0 Å². The Hall–Kier alpha value is -3.94. The summed E-state index contributed by atoms with van der Waals surface area (Å²) in [5.74, 6) is -0.916. The minimum Gasteiger partial charge on any atom is -0.381 e. The summed E-state index contributed by atoms with van der Waals surface area (Å²) in [6.07, 6.45) is -6.09. The summed E-state index contributed by atoms with van der Waals surface area (Å²) >= 11 is 5.95. The Morgan fingerprint density at radius 3 is 2.45 bits per heavy atom. The maximum atomic E-state index is 15.0. The van der Waals surface area contributed by atoms with Gasteiger partial charge in [-0.2, -0.15) is 31.4 Å². The molecule has 3 aromatic heterocycles. The van der Waals surface area contributed by atoms with Gasteiger partial charge in [-0.3, -0.25) is 14.6 Å². The molecule has 1 unspecified atom stereocenters. The number of pyridine rings is 2. The highest BCUT2D eigenvalue weighted by molar-refractivity contribution is 6.33. The molecule has 0 aliphatic carbocycles. The number of alkyl halides is 6. The van der Waals surface area contributed by atoms with E-state index in [-0.39, 0.29) is 23.2 Å². The van der Waals surface area contributed by atoms with Crippen molar-refractivity contribution in [2.75, 3.05) is 5.32 Å². The van der Waals surface area contributed by atoms with Crippen molar-refractivity contribution >= 4 is 28.1 Å². The van der Waals surface area contributed by atoms with Crippen LogP contribution in [-0.2, 0) is 18.9 Å². The molecule has 0 bridgehead atoms. The Labute approximate surface area is 225 Å². The second-order valence-corrected chi connectivity index (χ2v) is 9.37. The summed E-state index contributed by atoms with van der Waals surface area (Å²) in [5, 5.41) is 7.65. The highest BCUT2D eigenvalue weighted by Crippen LogP contribution is 2.36. The zero-order chi connectivity index (χ0) is 29.4. The molecule has 40 heavy (non-hydrogen) atoms. The third kappa shape index (κ3) is 6.11. The first-order chi connectivity index (χ1) is 18.7. The van der Waals surface area contributed by atoms with Crippen LogP contribution in [0.3, 0.4) is 0 Å². The van der Waals surface area contributed by atoms with E-state index in [0.717, 1.165) is 12.3 Å². The van der Waals surface area contributed by atoms with E-state index in [1.54, 1.807) is 12.0 Å². The van der Waals surface area contributed by atoms with E-state index in [0.29, 0.717) is 30.5 Å². The molecule has 0 saturated heterocycles. The lowest BCUT2D eigenvalue weighted by Crippen LogP contribution is -2.27. The van der Waals surface area contributed by atoms with Crippen LogP contribution in [0, 0.1) is 5.82 Å². The van der Waals surface area contributed by atoms with Crippen molar-refractivity contribution in [1.82, 2.24) is 19.7 Å². The third-order valence-electron chi connectivity index (χ3n) is 6.07. The quantitative estimate of drug-likeness (QED) is 0.248. The molecule has 2 N–H and O–H groups in total. The highest BCUT2D eigenvalue weighted by atomic mass is 35.5. The lowest BCUT2D eigenvalue weighted by atomic mass is 10.0. The molecule has 7 nitrogen and oxygen atoms in total. The maximum absolute atomic E-state index is 15.0. The number of hydrogen-bond acceptors (Lipinski definition) is 5. The Kier molecular flexibility index (Phi) is 7.92. The third-order valence-corrected chi connectivity index (χ3v) is 6.35. The summed E-state index contributed by atoms with van der Waals surface area (Å²) in [6.45, 7) is 1.75. The van der Waals surface area contributed by atoms with Crippen LogP contribution in [0.25, 0.3) is 22.0 Å². The second-order valence-electron chi connectivity index (χ2n) is 8.96. The largest absolute Gasteiger partial charge is 0.423 e. The molecule has 15 heteroatoms. The highest BCUT2D eigenvalue weighted by Gasteiger charge is 2.37. The Morgan fingerprint density at radius 2 is 1.80 bits per heavy atom. The van der Waals surface area contributed by atoms with Crippen LogP contribution in [0.4, 0.5) is 36.4 Å². The number of rotatable bonds is 7. The Morgan fingerprint density at radius 1 is 1.07 bits per heavy atom. The number of aryl methyl sites for hydroxylation is 1. The van der Waals surface area contributed by atoms with Gasteiger partial charge in [-0.25, -0.2) is 9.49 Å². The summed E-state index contributed by atoms with van der Waals surface area (Å²) in [4.78, 5) is 28.2. The maximum Gasteiger partial charge on any atom is 0.423 e. The van der Waals surface area contributed by atoms with Crippen molar-refractivity contribution in [1.29, 1.82) is 0 Å². The van der Waals surface area contributed by atoms with Crippen LogP contribution >= 0.6 is 11.6 Å². The van der Waals surface area contributed by atoms with Crippen LogP contribution in [0.2, 0.25) is 5.02 Å². The summed E-state index contributed by atoms with van der Waals surface area (Å²) in [6, 6.07) is 3.83. The van der Waals surface area contributed by atoms with Crippen molar-refractivity contribution in [2.24, 2.45) is 0 Å². The molecule has 3 heterocycles. The molecule has 212 valence electrons. The molecule has 4 rings (SSSR count). The number of nitrogens with zero attached hydrogens (tertiary/aromatic N) is 3. The normalized spacial score (nSPS) is 13.0. The number of benzene rings is 1. The van der Waals surface area contributed by atoms with Crippen molar-refractivity contribution in [2.45, 2.75) is 44.7 Å². The molecule has 0 fully saturated rings.